The van der Waals surface area contributed by atoms with Crippen molar-refractivity contribution in [2.45, 2.75) is 13.5 Å². The first-order valence-electron chi connectivity index (χ1n) is 9.24. The molecule has 146 valence electrons. The van der Waals surface area contributed by atoms with Gasteiger partial charge in [0, 0.05) is 13.6 Å². The summed E-state index contributed by atoms with van der Waals surface area (Å²) in [7, 11) is 1.71. The fourth-order valence-corrected chi connectivity index (χ4v) is 2.70. The average Bonchev–Trinajstić information content (AvgIpc) is 2.74. The van der Waals surface area contributed by atoms with Crippen LogP contribution in [0.1, 0.15) is 16.7 Å². The van der Waals surface area contributed by atoms with Crippen LogP contribution in [0.25, 0.3) is 0 Å². The van der Waals surface area contributed by atoms with E-state index < -0.39 is 0 Å². The van der Waals surface area contributed by atoms with Crippen molar-refractivity contribution >= 4 is 5.91 Å². The molecule has 0 saturated heterocycles. The van der Waals surface area contributed by atoms with E-state index in [0.29, 0.717) is 23.6 Å². The van der Waals surface area contributed by atoms with Gasteiger partial charge in [-0.15, -0.1) is 0 Å². The molecule has 0 aliphatic carbocycles. The first-order valence-corrected chi connectivity index (χ1v) is 9.24. The van der Waals surface area contributed by atoms with Crippen molar-refractivity contribution < 1.29 is 14.3 Å². The highest BCUT2D eigenvalue weighted by Crippen LogP contribution is 2.24. The van der Waals surface area contributed by atoms with E-state index in [1.165, 1.54) is 5.56 Å². The Morgan fingerprint density at radius 1 is 0.966 bits per heavy atom. The van der Waals surface area contributed by atoms with Gasteiger partial charge in [-0.25, -0.2) is 0 Å². The molecular formula is C24H22N2O3. The van der Waals surface area contributed by atoms with E-state index in [1.807, 2.05) is 43.3 Å². The van der Waals surface area contributed by atoms with Gasteiger partial charge in [-0.05, 0) is 61.0 Å². The second-order valence-electron chi connectivity index (χ2n) is 6.74. The van der Waals surface area contributed by atoms with Gasteiger partial charge >= 0.3 is 0 Å². The number of carbonyl (C=O) groups is 1. The van der Waals surface area contributed by atoms with Crippen molar-refractivity contribution in [3.63, 3.8) is 0 Å². The fraction of sp³-hybridized carbons (Fsp3) is 0.167. The fourth-order valence-electron chi connectivity index (χ4n) is 2.70. The van der Waals surface area contributed by atoms with Crippen molar-refractivity contribution in [3.8, 4) is 23.3 Å². The zero-order valence-corrected chi connectivity index (χ0v) is 16.5. The van der Waals surface area contributed by atoms with Gasteiger partial charge in [0.15, 0.2) is 6.61 Å². The maximum atomic E-state index is 12.3. The number of nitrogens with zero attached hydrogens (tertiary/aromatic N) is 2. The highest BCUT2D eigenvalue weighted by Gasteiger charge is 2.11. The number of amides is 1. The molecule has 0 aliphatic rings. The summed E-state index contributed by atoms with van der Waals surface area (Å²) in [5, 5.41) is 8.97. The predicted octanol–water partition coefficient (Wildman–Crippen LogP) is 4.70. The summed E-state index contributed by atoms with van der Waals surface area (Å²) in [4.78, 5) is 13.9. The smallest absolute Gasteiger partial charge is 0.260 e. The van der Waals surface area contributed by atoms with E-state index in [0.717, 1.165) is 11.3 Å². The van der Waals surface area contributed by atoms with Gasteiger partial charge in [0.2, 0.25) is 0 Å². The van der Waals surface area contributed by atoms with E-state index in [9.17, 15) is 4.79 Å². The standard InChI is InChI=1S/C24H22N2O3/c1-18-6-8-22(9-7-18)29-23-12-10-21(11-13-23)28-17-24(27)26(2)16-20-5-3-4-19(14-20)15-25/h3-14H,16-17H2,1-2H3. The Bertz CT molecular complexity index is 1010. The quantitative estimate of drug-likeness (QED) is 0.591. The molecule has 0 fully saturated rings. The Hall–Kier alpha value is -3.78. The number of hydrogen-bond acceptors (Lipinski definition) is 4. The summed E-state index contributed by atoms with van der Waals surface area (Å²) < 4.78 is 11.4. The maximum Gasteiger partial charge on any atom is 0.260 e. The lowest BCUT2D eigenvalue weighted by atomic mass is 10.1. The van der Waals surface area contributed by atoms with E-state index in [2.05, 4.69) is 6.07 Å². The zero-order chi connectivity index (χ0) is 20.6. The number of aryl methyl sites for hydroxylation is 1. The van der Waals surface area contributed by atoms with Gasteiger partial charge in [-0.3, -0.25) is 4.79 Å². The highest BCUT2D eigenvalue weighted by atomic mass is 16.5. The summed E-state index contributed by atoms with van der Waals surface area (Å²) in [6.07, 6.45) is 0. The monoisotopic (exact) mass is 386 g/mol. The summed E-state index contributed by atoms with van der Waals surface area (Å²) in [6.45, 7) is 2.38. The zero-order valence-electron chi connectivity index (χ0n) is 16.5. The van der Waals surface area contributed by atoms with Gasteiger partial charge < -0.3 is 14.4 Å². The average molecular weight is 386 g/mol. The normalized spacial score (nSPS) is 10.1. The molecule has 0 radical (unpaired) electrons. The minimum atomic E-state index is -0.146. The van der Waals surface area contributed by atoms with Gasteiger partial charge in [-0.2, -0.15) is 5.26 Å². The molecule has 0 aliphatic heterocycles. The molecule has 0 heterocycles. The van der Waals surface area contributed by atoms with E-state index >= 15 is 0 Å². The lowest BCUT2D eigenvalue weighted by Gasteiger charge is -2.18. The first kappa shape index (κ1) is 20.0. The van der Waals surface area contributed by atoms with Crippen molar-refractivity contribution in [1.82, 2.24) is 4.90 Å². The summed E-state index contributed by atoms with van der Waals surface area (Å²) in [5.41, 5.74) is 2.65. The minimum Gasteiger partial charge on any atom is -0.484 e. The van der Waals surface area contributed by atoms with Crippen LogP contribution in [0.5, 0.6) is 17.2 Å². The van der Waals surface area contributed by atoms with Crippen molar-refractivity contribution in [1.29, 1.82) is 5.26 Å². The van der Waals surface area contributed by atoms with Crippen LogP contribution in [0.15, 0.2) is 72.8 Å². The Balaban J connectivity index is 1.50. The second-order valence-corrected chi connectivity index (χ2v) is 6.74. The molecule has 29 heavy (non-hydrogen) atoms. The summed E-state index contributed by atoms with van der Waals surface area (Å²) >= 11 is 0. The lowest BCUT2D eigenvalue weighted by molar-refractivity contribution is -0.132. The minimum absolute atomic E-state index is 0.0629. The van der Waals surface area contributed by atoms with E-state index in [1.54, 1.807) is 48.3 Å². The lowest BCUT2D eigenvalue weighted by Crippen LogP contribution is -2.30. The van der Waals surface area contributed by atoms with Crippen LogP contribution in [-0.2, 0) is 11.3 Å². The molecule has 0 atom stereocenters. The number of carbonyl (C=O) groups excluding carboxylic acids is 1. The molecule has 0 N–H and O–H groups in total. The molecule has 0 aromatic heterocycles. The van der Waals surface area contributed by atoms with Gasteiger partial charge in [0.25, 0.3) is 5.91 Å². The van der Waals surface area contributed by atoms with Crippen LogP contribution >= 0.6 is 0 Å². The van der Waals surface area contributed by atoms with Gasteiger partial charge in [0.1, 0.15) is 17.2 Å². The molecule has 3 aromatic carbocycles. The number of likely N-dealkylation sites (N-methyl/N-ethyl adjacent to an activating group) is 1. The molecule has 3 aromatic rings. The number of benzene rings is 3. The van der Waals surface area contributed by atoms with Crippen LogP contribution in [0, 0.1) is 18.3 Å². The summed E-state index contributed by atoms with van der Waals surface area (Å²) in [6, 6.07) is 24.3. The molecule has 0 saturated carbocycles. The Kier molecular flexibility index (Phi) is 6.49. The predicted molar refractivity (Wildman–Crippen MR) is 111 cm³/mol. The summed E-state index contributed by atoms with van der Waals surface area (Å²) in [5.74, 6) is 1.91. The molecule has 5 heteroatoms. The topological polar surface area (TPSA) is 62.6 Å². The molecule has 5 nitrogen and oxygen atoms in total. The van der Waals surface area contributed by atoms with Gasteiger partial charge in [0.05, 0.1) is 11.6 Å². The number of ether oxygens (including phenoxy) is 2. The molecule has 0 spiro atoms. The van der Waals surface area contributed by atoms with Crippen LogP contribution < -0.4 is 9.47 Å². The van der Waals surface area contributed by atoms with Crippen LogP contribution in [0.3, 0.4) is 0 Å². The van der Waals surface area contributed by atoms with Crippen LogP contribution in [-0.4, -0.2) is 24.5 Å². The third-order valence-corrected chi connectivity index (χ3v) is 4.34. The Labute approximate surface area is 170 Å². The Morgan fingerprint density at radius 2 is 1.59 bits per heavy atom. The van der Waals surface area contributed by atoms with Crippen molar-refractivity contribution in [2.75, 3.05) is 13.7 Å². The Morgan fingerprint density at radius 3 is 2.24 bits per heavy atom. The molecule has 3 rings (SSSR count). The van der Waals surface area contributed by atoms with Gasteiger partial charge in [-0.1, -0.05) is 29.8 Å². The number of nitriles is 1. The SMILES string of the molecule is Cc1ccc(Oc2ccc(OCC(=O)N(C)Cc3cccc(C#N)c3)cc2)cc1. The van der Waals surface area contributed by atoms with E-state index in [-0.39, 0.29) is 12.5 Å². The van der Waals surface area contributed by atoms with E-state index in [4.69, 9.17) is 14.7 Å². The highest BCUT2D eigenvalue weighted by molar-refractivity contribution is 5.77. The molecular weight excluding hydrogens is 364 g/mol. The number of hydrogen-bond donors (Lipinski definition) is 0. The molecule has 0 unspecified atom stereocenters. The largest absolute Gasteiger partial charge is 0.484 e. The molecule has 0 bridgehead atoms. The van der Waals surface area contributed by atoms with Crippen LogP contribution in [0.2, 0.25) is 0 Å². The molecule has 1 amide bonds. The van der Waals surface area contributed by atoms with Crippen molar-refractivity contribution in [2.24, 2.45) is 0 Å². The second kappa shape index (κ2) is 9.43. The third kappa shape index (κ3) is 5.85. The third-order valence-electron chi connectivity index (χ3n) is 4.34. The van der Waals surface area contributed by atoms with Crippen LogP contribution in [0.4, 0.5) is 0 Å². The maximum absolute atomic E-state index is 12.3. The number of rotatable bonds is 7. The van der Waals surface area contributed by atoms with Crippen molar-refractivity contribution in [3.05, 3.63) is 89.5 Å². The first-order chi connectivity index (χ1) is 14.0.